The number of nitriles is 1. The summed E-state index contributed by atoms with van der Waals surface area (Å²) in [6, 6.07) is 8.32. The molecule has 1 aliphatic heterocycles. The number of nitrogens with zero attached hydrogens (tertiary/aromatic N) is 2. The molecule has 1 aromatic carbocycles. The molecule has 1 atom stereocenters. The van der Waals surface area contributed by atoms with Crippen molar-refractivity contribution >= 4 is 35.0 Å². The fourth-order valence-electron chi connectivity index (χ4n) is 2.28. The predicted molar refractivity (Wildman–Crippen MR) is 72.8 cm³/mol. The molecule has 17 heavy (non-hydrogen) atoms. The van der Waals surface area contributed by atoms with Gasteiger partial charge in [-0.25, -0.2) is 0 Å². The van der Waals surface area contributed by atoms with Crippen LogP contribution < -0.4 is 0 Å². The van der Waals surface area contributed by atoms with Gasteiger partial charge < -0.3 is 9.55 Å². The Labute approximate surface area is 108 Å². The van der Waals surface area contributed by atoms with Gasteiger partial charge in [-0.1, -0.05) is 0 Å². The summed E-state index contributed by atoms with van der Waals surface area (Å²) in [7, 11) is 0. The Morgan fingerprint density at radius 1 is 1.53 bits per heavy atom. The van der Waals surface area contributed by atoms with E-state index in [-0.39, 0.29) is 0 Å². The largest absolute Gasteiger partial charge is 0.331 e. The van der Waals surface area contributed by atoms with E-state index >= 15 is 0 Å². The lowest BCUT2D eigenvalue weighted by atomic mass is 10.2. The Morgan fingerprint density at radius 3 is 3.12 bits per heavy atom. The first kappa shape index (κ1) is 10.9. The molecule has 0 spiro atoms. The van der Waals surface area contributed by atoms with Gasteiger partial charge in [0.05, 0.1) is 22.7 Å². The summed E-state index contributed by atoms with van der Waals surface area (Å²) < 4.78 is 2.94. The second-order valence-electron chi connectivity index (χ2n) is 4.16. The number of hydrogen-bond acceptors (Lipinski definition) is 3. The van der Waals surface area contributed by atoms with E-state index in [1.165, 1.54) is 5.75 Å². The number of aromatic nitrogens is 2. The quantitative estimate of drug-likeness (QED) is 0.801. The number of aromatic amines is 1. The smallest absolute Gasteiger partial charge is 0.178 e. The molecule has 2 heterocycles. The molecule has 2 aromatic rings. The number of thioether (sulfide) groups is 1. The highest BCUT2D eigenvalue weighted by atomic mass is 32.2. The molecule has 5 heteroatoms. The average molecular weight is 261 g/mol. The summed E-state index contributed by atoms with van der Waals surface area (Å²) >= 11 is 7.35. The van der Waals surface area contributed by atoms with Gasteiger partial charge in [0.25, 0.3) is 0 Å². The summed E-state index contributed by atoms with van der Waals surface area (Å²) in [6.45, 7) is 0. The van der Waals surface area contributed by atoms with Crippen LogP contribution in [0.5, 0.6) is 0 Å². The van der Waals surface area contributed by atoms with Crippen molar-refractivity contribution in [2.24, 2.45) is 0 Å². The molecule has 0 radical (unpaired) electrons. The van der Waals surface area contributed by atoms with Crippen LogP contribution in [0.15, 0.2) is 18.2 Å². The van der Waals surface area contributed by atoms with Crippen molar-refractivity contribution in [1.82, 2.24) is 9.55 Å². The third kappa shape index (κ3) is 1.78. The molecule has 1 aliphatic rings. The molecule has 1 saturated heterocycles. The summed E-state index contributed by atoms with van der Waals surface area (Å²) in [4.78, 5) is 3.21. The van der Waals surface area contributed by atoms with Gasteiger partial charge in [0.15, 0.2) is 4.77 Å². The number of imidazole rings is 1. The van der Waals surface area contributed by atoms with E-state index in [2.05, 4.69) is 15.6 Å². The van der Waals surface area contributed by atoms with Crippen molar-refractivity contribution in [2.45, 2.75) is 12.5 Å². The molecule has 0 amide bonds. The Hall–Kier alpha value is -1.25. The van der Waals surface area contributed by atoms with Crippen LogP contribution in [-0.2, 0) is 0 Å². The van der Waals surface area contributed by atoms with E-state index < -0.39 is 0 Å². The summed E-state index contributed by atoms with van der Waals surface area (Å²) in [6.07, 6.45) is 1.16. The van der Waals surface area contributed by atoms with E-state index in [9.17, 15) is 0 Å². The first-order valence-corrected chi connectivity index (χ1v) is 7.08. The molecule has 0 bridgehead atoms. The maximum atomic E-state index is 8.96. The molecule has 0 aliphatic carbocycles. The number of fused-ring (bicyclic) bond motifs is 1. The number of benzene rings is 1. The van der Waals surface area contributed by atoms with Crippen LogP contribution in [0.25, 0.3) is 11.0 Å². The molecule has 0 saturated carbocycles. The van der Waals surface area contributed by atoms with Crippen LogP contribution in [0, 0.1) is 16.1 Å². The number of rotatable bonds is 1. The normalized spacial score (nSPS) is 19.6. The van der Waals surface area contributed by atoms with Gasteiger partial charge in [0, 0.05) is 11.8 Å². The maximum absolute atomic E-state index is 8.96. The van der Waals surface area contributed by atoms with Crippen molar-refractivity contribution in [2.75, 3.05) is 11.5 Å². The molecule has 1 aromatic heterocycles. The molecule has 1 unspecified atom stereocenters. The second kappa shape index (κ2) is 4.21. The number of nitrogens with one attached hydrogen (secondary N) is 1. The third-order valence-corrected chi connectivity index (χ3v) is 4.56. The average Bonchev–Trinajstić information content (AvgIpc) is 2.93. The Kier molecular flexibility index (Phi) is 2.69. The van der Waals surface area contributed by atoms with Crippen molar-refractivity contribution in [3.05, 3.63) is 28.5 Å². The summed E-state index contributed by atoms with van der Waals surface area (Å²) in [5.74, 6) is 2.30. The Morgan fingerprint density at radius 2 is 2.41 bits per heavy atom. The highest BCUT2D eigenvalue weighted by Crippen LogP contribution is 2.31. The molecular weight excluding hydrogens is 250 g/mol. The van der Waals surface area contributed by atoms with E-state index in [1.54, 1.807) is 0 Å². The monoisotopic (exact) mass is 261 g/mol. The minimum atomic E-state index is 0.468. The molecule has 1 fully saturated rings. The Bertz CT molecular complexity index is 656. The SMILES string of the molecule is N#Cc1ccc2[nH]c(=S)n(C3CCSC3)c2c1. The zero-order chi connectivity index (χ0) is 11.8. The van der Waals surface area contributed by atoms with Gasteiger partial charge in [-0.05, 0) is 42.6 Å². The lowest BCUT2D eigenvalue weighted by Gasteiger charge is -2.11. The third-order valence-electron chi connectivity index (χ3n) is 3.12. The zero-order valence-electron chi connectivity index (χ0n) is 9.14. The molecule has 3 nitrogen and oxygen atoms in total. The highest BCUT2D eigenvalue weighted by Gasteiger charge is 2.20. The van der Waals surface area contributed by atoms with Gasteiger partial charge in [0.1, 0.15) is 0 Å². The summed E-state index contributed by atoms with van der Waals surface area (Å²) in [5, 5.41) is 8.96. The van der Waals surface area contributed by atoms with Gasteiger partial charge in [-0.15, -0.1) is 0 Å². The maximum Gasteiger partial charge on any atom is 0.178 e. The number of H-pyrrole nitrogens is 1. The van der Waals surface area contributed by atoms with Crippen LogP contribution in [0.1, 0.15) is 18.0 Å². The van der Waals surface area contributed by atoms with Crippen molar-refractivity contribution < 1.29 is 0 Å². The minimum Gasteiger partial charge on any atom is -0.331 e. The first-order valence-electron chi connectivity index (χ1n) is 5.52. The van der Waals surface area contributed by atoms with Crippen LogP contribution in [-0.4, -0.2) is 21.1 Å². The van der Waals surface area contributed by atoms with Gasteiger partial charge in [-0.2, -0.15) is 17.0 Å². The standard InChI is InChI=1S/C12H11N3S2/c13-6-8-1-2-10-11(5-8)15(12(16)14-10)9-3-4-17-7-9/h1-2,5,9H,3-4,7H2,(H,14,16). The number of hydrogen-bond donors (Lipinski definition) is 1. The van der Waals surface area contributed by atoms with Crippen molar-refractivity contribution in [1.29, 1.82) is 5.26 Å². The molecular formula is C12H11N3S2. The van der Waals surface area contributed by atoms with Crippen LogP contribution in [0.4, 0.5) is 0 Å². The van der Waals surface area contributed by atoms with E-state index in [0.29, 0.717) is 11.6 Å². The zero-order valence-corrected chi connectivity index (χ0v) is 10.8. The summed E-state index contributed by atoms with van der Waals surface area (Å²) in [5.41, 5.74) is 2.76. The molecule has 1 N–H and O–H groups in total. The highest BCUT2D eigenvalue weighted by molar-refractivity contribution is 7.99. The fraction of sp³-hybridized carbons (Fsp3) is 0.333. The van der Waals surface area contributed by atoms with Gasteiger partial charge in [0.2, 0.25) is 0 Å². The van der Waals surface area contributed by atoms with Gasteiger partial charge in [-0.3, -0.25) is 0 Å². The van der Waals surface area contributed by atoms with Gasteiger partial charge >= 0.3 is 0 Å². The first-order chi connectivity index (χ1) is 8.29. The topological polar surface area (TPSA) is 44.5 Å². The lowest BCUT2D eigenvalue weighted by Crippen LogP contribution is -2.07. The van der Waals surface area contributed by atoms with Crippen LogP contribution in [0.2, 0.25) is 0 Å². The van der Waals surface area contributed by atoms with Crippen LogP contribution >= 0.6 is 24.0 Å². The van der Waals surface area contributed by atoms with E-state index in [0.717, 1.165) is 28.0 Å². The van der Waals surface area contributed by atoms with Crippen LogP contribution in [0.3, 0.4) is 0 Å². The van der Waals surface area contributed by atoms with Crippen molar-refractivity contribution in [3.8, 4) is 6.07 Å². The Balaban J connectivity index is 2.25. The lowest BCUT2D eigenvalue weighted by molar-refractivity contribution is 0.569. The fourth-order valence-corrected chi connectivity index (χ4v) is 3.83. The molecule has 86 valence electrons. The van der Waals surface area contributed by atoms with Crippen molar-refractivity contribution in [3.63, 3.8) is 0 Å². The minimum absolute atomic E-state index is 0.468. The second-order valence-corrected chi connectivity index (χ2v) is 5.70. The van der Waals surface area contributed by atoms with E-state index in [4.69, 9.17) is 17.5 Å². The predicted octanol–water partition coefficient (Wildman–Crippen LogP) is 3.25. The van der Waals surface area contributed by atoms with E-state index in [1.807, 2.05) is 30.0 Å². The molecule has 3 rings (SSSR count).